The van der Waals surface area contributed by atoms with Gasteiger partial charge in [-0.1, -0.05) is 12.1 Å². The van der Waals surface area contributed by atoms with Crippen LogP contribution >= 0.6 is 0 Å². The highest BCUT2D eigenvalue weighted by atomic mass is 19.4. The molecule has 0 aliphatic rings. The lowest BCUT2D eigenvalue weighted by atomic mass is 10.1. The van der Waals surface area contributed by atoms with Gasteiger partial charge in [0, 0.05) is 7.11 Å². The van der Waals surface area contributed by atoms with Crippen molar-refractivity contribution in [3.63, 3.8) is 0 Å². The SMILES string of the molecule is COCCOc1ccccc1NCC(C)(O)C(F)(F)F. The minimum absolute atomic E-state index is 0.283. The van der Waals surface area contributed by atoms with Crippen molar-refractivity contribution in [3.05, 3.63) is 24.3 Å². The van der Waals surface area contributed by atoms with Gasteiger partial charge >= 0.3 is 6.18 Å². The summed E-state index contributed by atoms with van der Waals surface area (Å²) in [6.07, 6.45) is -4.70. The first-order valence-corrected chi connectivity index (χ1v) is 6.01. The third-order valence-electron chi connectivity index (χ3n) is 2.67. The first kappa shape index (κ1) is 16.6. The van der Waals surface area contributed by atoms with Crippen LogP contribution < -0.4 is 10.1 Å². The van der Waals surface area contributed by atoms with E-state index in [1.54, 1.807) is 24.3 Å². The Bertz CT molecular complexity index is 422. The second kappa shape index (κ2) is 6.81. The quantitative estimate of drug-likeness (QED) is 0.758. The highest BCUT2D eigenvalue weighted by Crippen LogP contribution is 2.31. The fourth-order valence-electron chi connectivity index (χ4n) is 1.34. The zero-order valence-corrected chi connectivity index (χ0v) is 11.3. The van der Waals surface area contributed by atoms with Gasteiger partial charge in [0.2, 0.25) is 0 Å². The van der Waals surface area contributed by atoms with Crippen molar-refractivity contribution in [1.82, 2.24) is 0 Å². The highest BCUT2D eigenvalue weighted by molar-refractivity contribution is 5.56. The van der Waals surface area contributed by atoms with Crippen LogP contribution in [0.15, 0.2) is 24.3 Å². The molecule has 4 nitrogen and oxygen atoms in total. The third-order valence-corrected chi connectivity index (χ3v) is 2.67. The number of nitrogens with one attached hydrogen (secondary N) is 1. The Morgan fingerprint density at radius 2 is 1.85 bits per heavy atom. The van der Waals surface area contributed by atoms with Crippen LogP contribution in [-0.2, 0) is 4.74 Å². The van der Waals surface area contributed by atoms with Crippen molar-refractivity contribution in [2.75, 3.05) is 32.2 Å². The van der Waals surface area contributed by atoms with E-state index in [0.29, 0.717) is 25.0 Å². The largest absolute Gasteiger partial charge is 0.489 e. The van der Waals surface area contributed by atoms with Crippen molar-refractivity contribution >= 4 is 5.69 Å². The Balaban J connectivity index is 2.68. The molecule has 0 aromatic heterocycles. The fourth-order valence-corrected chi connectivity index (χ4v) is 1.34. The molecule has 0 bridgehead atoms. The van der Waals surface area contributed by atoms with Crippen molar-refractivity contribution < 1.29 is 27.8 Å². The van der Waals surface area contributed by atoms with Gasteiger partial charge < -0.3 is 19.9 Å². The summed E-state index contributed by atoms with van der Waals surface area (Å²) in [4.78, 5) is 0. The van der Waals surface area contributed by atoms with Crippen LogP contribution in [0.4, 0.5) is 18.9 Å². The molecule has 0 saturated carbocycles. The summed E-state index contributed by atoms with van der Waals surface area (Å²) < 4.78 is 47.8. The number of alkyl halides is 3. The normalized spacial score (nSPS) is 14.7. The topological polar surface area (TPSA) is 50.7 Å². The average Bonchev–Trinajstić information content (AvgIpc) is 2.36. The smallest absolute Gasteiger partial charge is 0.418 e. The van der Waals surface area contributed by atoms with Gasteiger partial charge in [-0.25, -0.2) is 0 Å². The number of para-hydroxylation sites is 2. The lowest BCUT2D eigenvalue weighted by molar-refractivity contribution is -0.246. The van der Waals surface area contributed by atoms with E-state index in [1.807, 2.05) is 0 Å². The third kappa shape index (κ3) is 4.57. The Labute approximate surface area is 115 Å². The summed E-state index contributed by atoms with van der Waals surface area (Å²) in [6, 6.07) is 6.57. The maximum Gasteiger partial charge on any atom is 0.418 e. The van der Waals surface area contributed by atoms with Gasteiger partial charge in [-0.05, 0) is 19.1 Å². The number of ether oxygens (including phenoxy) is 2. The molecule has 0 radical (unpaired) electrons. The molecule has 20 heavy (non-hydrogen) atoms. The molecule has 0 aliphatic carbocycles. The van der Waals surface area contributed by atoms with E-state index >= 15 is 0 Å². The second-order valence-electron chi connectivity index (χ2n) is 4.46. The second-order valence-corrected chi connectivity index (χ2v) is 4.46. The molecule has 2 N–H and O–H groups in total. The van der Waals surface area contributed by atoms with Gasteiger partial charge in [-0.3, -0.25) is 0 Å². The maximum absolute atomic E-state index is 12.5. The standard InChI is InChI=1S/C13H18F3NO3/c1-12(18,13(14,15)16)9-17-10-5-3-4-6-11(10)20-8-7-19-2/h3-6,17-18H,7-9H2,1-2H3. The van der Waals surface area contributed by atoms with Crippen LogP contribution in [0.5, 0.6) is 5.75 Å². The molecule has 1 aromatic carbocycles. The van der Waals surface area contributed by atoms with E-state index in [1.165, 1.54) is 7.11 Å². The van der Waals surface area contributed by atoms with E-state index < -0.39 is 18.3 Å². The summed E-state index contributed by atoms with van der Waals surface area (Å²) >= 11 is 0. The molecule has 1 unspecified atom stereocenters. The molecule has 0 aliphatic heterocycles. The Kier molecular flexibility index (Phi) is 5.64. The van der Waals surface area contributed by atoms with Gasteiger partial charge in [0.15, 0.2) is 5.60 Å². The number of anilines is 1. The van der Waals surface area contributed by atoms with E-state index in [0.717, 1.165) is 0 Å². The molecular weight excluding hydrogens is 275 g/mol. The molecule has 1 aromatic rings. The number of hydrogen-bond donors (Lipinski definition) is 2. The number of halogens is 3. The predicted molar refractivity (Wildman–Crippen MR) is 69.0 cm³/mol. The molecule has 7 heteroatoms. The summed E-state index contributed by atoms with van der Waals surface area (Å²) in [5.74, 6) is 0.405. The molecule has 0 amide bonds. The molecule has 0 fully saturated rings. The Morgan fingerprint density at radius 3 is 2.45 bits per heavy atom. The zero-order chi connectivity index (χ0) is 15.2. The number of aliphatic hydroxyl groups is 1. The minimum atomic E-state index is -4.70. The van der Waals surface area contributed by atoms with Crippen LogP contribution in [0, 0.1) is 0 Å². The summed E-state index contributed by atoms with van der Waals surface area (Å²) in [5, 5.41) is 11.9. The van der Waals surface area contributed by atoms with Gasteiger partial charge in [0.05, 0.1) is 18.8 Å². The number of hydrogen-bond acceptors (Lipinski definition) is 4. The summed E-state index contributed by atoms with van der Waals surface area (Å²) in [5.41, 5.74) is -2.43. The van der Waals surface area contributed by atoms with Crippen molar-refractivity contribution in [2.45, 2.75) is 18.7 Å². The fraction of sp³-hybridized carbons (Fsp3) is 0.538. The lowest BCUT2D eigenvalue weighted by Gasteiger charge is -2.27. The first-order chi connectivity index (χ1) is 9.28. The van der Waals surface area contributed by atoms with Crippen LogP contribution in [0.1, 0.15) is 6.92 Å². The zero-order valence-electron chi connectivity index (χ0n) is 11.3. The Morgan fingerprint density at radius 1 is 1.20 bits per heavy atom. The molecule has 0 heterocycles. The van der Waals surface area contributed by atoms with E-state index in [4.69, 9.17) is 9.47 Å². The van der Waals surface area contributed by atoms with Crippen LogP contribution in [0.3, 0.4) is 0 Å². The Hall–Kier alpha value is -1.47. The van der Waals surface area contributed by atoms with E-state index in [9.17, 15) is 18.3 Å². The predicted octanol–water partition coefficient (Wildman–Crippen LogP) is 2.44. The minimum Gasteiger partial charge on any atom is -0.489 e. The molecule has 0 saturated heterocycles. The van der Waals surface area contributed by atoms with Crippen LogP contribution in [-0.4, -0.2) is 43.8 Å². The number of methoxy groups -OCH3 is 1. The van der Waals surface area contributed by atoms with Crippen LogP contribution in [0.25, 0.3) is 0 Å². The van der Waals surface area contributed by atoms with Gasteiger partial charge in [0.25, 0.3) is 0 Å². The first-order valence-electron chi connectivity index (χ1n) is 6.01. The molecule has 0 spiro atoms. The highest BCUT2D eigenvalue weighted by Gasteiger charge is 2.49. The van der Waals surface area contributed by atoms with Crippen molar-refractivity contribution in [3.8, 4) is 5.75 Å². The molecular formula is C13H18F3NO3. The van der Waals surface area contributed by atoms with E-state index in [2.05, 4.69) is 5.32 Å². The van der Waals surface area contributed by atoms with Gasteiger partial charge in [0.1, 0.15) is 12.4 Å². The molecule has 114 valence electrons. The number of benzene rings is 1. The molecule has 1 atom stereocenters. The summed E-state index contributed by atoms with van der Waals surface area (Å²) in [7, 11) is 1.52. The van der Waals surface area contributed by atoms with Gasteiger partial charge in [-0.15, -0.1) is 0 Å². The van der Waals surface area contributed by atoms with Crippen LogP contribution in [0.2, 0.25) is 0 Å². The van der Waals surface area contributed by atoms with Crippen molar-refractivity contribution in [1.29, 1.82) is 0 Å². The lowest BCUT2D eigenvalue weighted by Crippen LogP contribution is -2.47. The maximum atomic E-state index is 12.5. The molecule has 1 rings (SSSR count). The van der Waals surface area contributed by atoms with E-state index in [-0.39, 0.29) is 6.61 Å². The van der Waals surface area contributed by atoms with Gasteiger partial charge in [-0.2, -0.15) is 13.2 Å². The number of rotatable bonds is 7. The average molecular weight is 293 g/mol. The summed E-state index contributed by atoms with van der Waals surface area (Å²) in [6.45, 7) is 0.703. The monoisotopic (exact) mass is 293 g/mol. The van der Waals surface area contributed by atoms with Crippen molar-refractivity contribution in [2.24, 2.45) is 0 Å².